The van der Waals surface area contributed by atoms with Crippen LogP contribution in [0.3, 0.4) is 0 Å². The summed E-state index contributed by atoms with van der Waals surface area (Å²) >= 11 is 5.97. The van der Waals surface area contributed by atoms with Gasteiger partial charge in [-0.1, -0.05) is 35.9 Å². The molecule has 0 aliphatic heterocycles. The van der Waals surface area contributed by atoms with Gasteiger partial charge in [0.15, 0.2) is 11.5 Å². The summed E-state index contributed by atoms with van der Waals surface area (Å²) in [6.07, 6.45) is 1.63. The minimum Gasteiger partial charge on any atom is -0.451 e. The van der Waals surface area contributed by atoms with Crippen LogP contribution >= 0.6 is 11.6 Å². The number of hydrazine groups is 1. The molecule has 0 spiro atoms. The normalized spacial score (nSPS) is 10.8. The summed E-state index contributed by atoms with van der Waals surface area (Å²) in [4.78, 5) is 24.7. The second-order valence-corrected chi connectivity index (χ2v) is 6.52. The van der Waals surface area contributed by atoms with Crippen molar-refractivity contribution in [2.75, 3.05) is 0 Å². The number of nitrogens with zero attached hydrogens (tertiary/aromatic N) is 2. The molecule has 2 aromatic heterocycles. The van der Waals surface area contributed by atoms with Crippen molar-refractivity contribution in [3.05, 3.63) is 82.8 Å². The molecule has 0 atom stereocenters. The Morgan fingerprint density at radius 3 is 2.61 bits per heavy atom. The Labute approximate surface area is 164 Å². The first kappa shape index (κ1) is 17.8. The van der Waals surface area contributed by atoms with Crippen molar-refractivity contribution in [3.8, 4) is 5.69 Å². The fraction of sp³-hybridized carbons (Fsp3) is 0.0500. The van der Waals surface area contributed by atoms with Crippen LogP contribution in [0, 0.1) is 6.92 Å². The van der Waals surface area contributed by atoms with E-state index in [0.717, 1.165) is 5.39 Å². The maximum atomic E-state index is 12.4. The lowest BCUT2D eigenvalue weighted by atomic mass is 10.1. The van der Waals surface area contributed by atoms with E-state index in [1.165, 1.54) is 10.7 Å². The maximum absolute atomic E-state index is 12.4. The van der Waals surface area contributed by atoms with E-state index in [9.17, 15) is 9.59 Å². The Balaban J connectivity index is 1.45. The Morgan fingerprint density at radius 1 is 1.04 bits per heavy atom. The highest BCUT2D eigenvalue weighted by atomic mass is 35.5. The second kappa shape index (κ2) is 7.21. The van der Waals surface area contributed by atoms with Crippen LogP contribution in [-0.4, -0.2) is 21.6 Å². The van der Waals surface area contributed by atoms with Crippen molar-refractivity contribution in [3.63, 3.8) is 0 Å². The molecule has 0 saturated heterocycles. The zero-order valence-corrected chi connectivity index (χ0v) is 15.5. The number of benzene rings is 2. The lowest BCUT2D eigenvalue weighted by Gasteiger charge is -2.05. The lowest BCUT2D eigenvalue weighted by Crippen LogP contribution is -2.41. The van der Waals surface area contributed by atoms with Gasteiger partial charge in [-0.05, 0) is 37.3 Å². The quantitative estimate of drug-likeness (QED) is 0.519. The van der Waals surface area contributed by atoms with Crippen LogP contribution < -0.4 is 10.9 Å². The molecule has 2 aromatic carbocycles. The first-order valence-electron chi connectivity index (χ1n) is 8.43. The van der Waals surface area contributed by atoms with Gasteiger partial charge in [-0.15, -0.1) is 0 Å². The summed E-state index contributed by atoms with van der Waals surface area (Å²) in [5, 5.41) is 5.60. The summed E-state index contributed by atoms with van der Waals surface area (Å²) in [6.45, 7) is 1.79. The topological polar surface area (TPSA) is 89.2 Å². The van der Waals surface area contributed by atoms with Crippen molar-refractivity contribution in [2.45, 2.75) is 6.92 Å². The van der Waals surface area contributed by atoms with E-state index in [4.69, 9.17) is 16.0 Å². The van der Waals surface area contributed by atoms with Gasteiger partial charge in [0.25, 0.3) is 5.91 Å². The summed E-state index contributed by atoms with van der Waals surface area (Å²) in [6, 6.07) is 15.9. The molecule has 2 amide bonds. The van der Waals surface area contributed by atoms with Crippen molar-refractivity contribution in [1.82, 2.24) is 20.6 Å². The van der Waals surface area contributed by atoms with Crippen LogP contribution in [0.15, 0.2) is 65.2 Å². The number of nitrogens with one attached hydrogen (secondary N) is 2. The monoisotopic (exact) mass is 394 g/mol. The third kappa shape index (κ3) is 3.35. The fourth-order valence-electron chi connectivity index (χ4n) is 2.83. The SMILES string of the molecule is Cc1c(C(=O)NNC(=O)c2ccn(-c3cccc(Cl)c3)n2)oc2ccccc12. The molecule has 28 heavy (non-hydrogen) atoms. The summed E-state index contributed by atoms with van der Waals surface area (Å²) in [5.41, 5.74) is 6.87. The number of carbonyl (C=O) groups excluding carboxylic acids is 2. The number of para-hydroxylation sites is 1. The highest BCUT2D eigenvalue weighted by Crippen LogP contribution is 2.24. The van der Waals surface area contributed by atoms with E-state index in [2.05, 4.69) is 16.0 Å². The van der Waals surface area contributed by atoms with Gasteiger partial charge in [0, 0.05) is 22.2 Å². The minimum atomic E-state index is -0.553. The summed E-state index contributed by atoms with van der Waals surface area (Å²) in [7, 11) is 0. The lowest BCUT2D eigenvalue weighted by molar-refractivity contribution is 0.0829. The van der Waals surface area contributed by atoms with Crippen molar-refractivity contribution >= 4 is 34.4 Å². The van der Waals surface area contributed by atoms with Crippen LogP contribution in [0.1, 0.15) is 26.6 Å². The van der Waals surface area contributed by atoms with Crippen LogP contribution in [0.5, 0.6) is 0 Å². The predicted molar refractivity (Wildman–Crippen MR) is 104 cm³/mol. The fourth-order valence-corrected chi connectivity index (χ4v) is 3.02. The number of carbonyl (C=O) groups is 2. The molecule has 4 rings (SSSR count). The number of amides is 2. The van der Waals surface area contributed by atoms with Crippen LogP contribution in [0.25, 0.3) is 16.7 Å². The van der Waals surface area contributed by atoms with Crippen LogP contribution in [-0.2, 0) is 0 Å². The average Bonchev–Trinajstić information content (AvgIpc) is 3.32. The van der Waals surface area contributed by atoms with Gasteiger partial charge in [0.05, 0.1) is 5.69 Å². The Bertz CT molecular complexity index is 1200. The van der Waals surface area contributed by atoms with Crippen molar-refractivity contribution in [1.29, 1.82) is 0 Å². The summed E-state index contributed by atoms with van der Waals surface area (Å²) in [5.74, 6) is -0.954. The molecule has 0 unspecified atom stereocenters. The maximum Gasteiger partial charge on any atom is 0.305 e. The largest absolute Gasteiger partial charge is 0.451 e. The molecule has 140 valence electrons. The molecule has 0 radical (unpaired) electrons. The summed E-state index contributed by atoms with van der Waals surface area (Å²) < 4.78 is 7.10. The minimum absolute atomic E-state index is 0.140. The number of hydrogen-bond donors (Lipinski definition) is 2. The number of aryl methyl sites for hydroxylation is 1. The third-order valence-electron chi connectivity index (χ3n) is 4.23. The molecule has 0 saturated carbocycles. The van der Waals surface area contributed by atoms with E-state index in [-0.39, 0.29) is 11.5 Å². The van der Waals surface area contributed by atoms with Gasteiger partial charge in [0.2, 0.25) is 0 Å². The highest BCUT2D eigenvalue weighted by molar-refractivity contribution is 6.30. The van der Waals surface area contributed by atoms with Crippen LogP contribution in [0.2, 0.25) is 5.02 Å². The van der Waals surface area contributed by atoms with Gasteiger partial charge < -0.3 is 4.42 Å². The molecular formula is C20H15ClN4O3. The van der Waals surface area contributed by atoms with Gasteiger partial charge in [-0.3, -0.25) is 20.4 Å². The van der Waals surface area contributed by atoms with Gasteiger partial charge in [-0.2, -0.15) is 5.10 Å². The Kier molecular flexibility index (Phi) is 4.58. The predicted octanol–water partition coefficient (Wildman–Crippen LogP) is 3.66. The first-order valence-corrected chi connectivity index (χ1v) is 8.81. The number of rotatable bonds is 3. The zero-order chi connectivity index (χ0) is 19.7. The van der Waals surface area contributed by atoms with E-state index in [1.807, 2.05) is 24.3 Å². The second-order valence-electron chi connectivity index (χ2n) is 6.09. The zero-order valence-electron chi connectivity index (χ0n) is 14.8. The molecule has 2 heterocycles. The van der Waals surface area contributed by atoms with E-state index in [1.54, 1.807) is 37.4 Å². The smallest absolute Gasteiger partial charge is 0.305 e. The standard InChI is InChI=1S/C20H15ClN4O3/c1-12-15-7-2-3-8-17(15)28-18(12)20(27)23-22-19(26)16-9-10-25(24-16)14-6-4-5-13(21)11-14/h2-11H,1H3,(H,22,26)(H,23,27). The average molecular weight is 395 g/mol. The molecule has 2 N–H and O–H groups in total. The van der Waals surface area contributed by atoms with Crippen molar-refractivity contribution < 1.29 is 14.0 Å². The van der Waals surface area contributed by atoms with Gasteiger partial charge in [-0.25, -0.2) is 4.68 Å². The van der Waals surface area contributed by atoms with Crippen molar-refractivity contribution in [2.24, 2.45) is 0 Å². The number of halogens is 1. The van der Waals surface area contributed by atoms with E-state index >= 15 is 0 Å². The first-order chi connectivity index (χ1) is 13.5. The number of aromatic nitrogens is 2. The molecule has 7 nitrogen and oxygen atoms in total. The Morgan fingerprint density at radius 2 is 1.82 bits per heavy atom. The van der Waals surface area contributed by atoms with Gasteiger partial charge >= 0.3 is 5.91 Å². The molecule has 0 fully saturated rings. The van der Waals surface area contributed by atoms with Gasteiger partial charge in [0.1, 0.15) is 5.58 Å². The molecule has 8 heteroatoms. The molecule has 0 aliphatic rings. The number of hydrogen-bond acceptors (Lipinski definition) is 4. The van der Waals surface area contributed by atoms with E-state index in [0.29, 0.717) is 21.9 Å². The molecule has 4 aromatic rings. The van der Waals surface area contributed by atoms with E-state index < -0.39 is 11.8 Å². The Hall–Kier alpha value is -3.58. The van der Waals surface area contributed by atoms with Crippen LogP contribution in [0.4, 0.5) is 0 Å². The molecular weight excluding hydrogens is 380 g/mol. The molecule has 0 bridgehead atoms. The number of fused-ring (bicyclic) bond motifs is 1. The highest BCUT2D eigenvalue weighted by Gasteiger charge is 2.18. The molecule has 0 aliphatic carbocycles. The third-order valence-corrected chi connectivity index (χ3v) is 4.47. The number of furan rings is 1.